The maximum atomic E-state index is 11.4. The van der Waals surface area contributed by atoms with Gasteiger partial charge in [0, 0.05) is 16.5 Å². The Bertz CT molecular complexity index is 911. The summed E-state index contributed by atoms with van der Waals surface area (Å²) >= 11 is 0. The molecule has 0 saturated carbocycles. The number of Topliss-reactive ketones (excluding diaryl/α,β-unsaturated/α-hetero) is 1. The third-order valence-corrected chi connectivity index (χ3v) is 4.12. The normalized spacial score (nSPS) is 10.6. The largest absolute Gasteiger partial charge is 0.507 e. The lowest BCUT2D eigenvalue weighted by Gasteiger charge is -2.14. The van der Waals surface area contributed by atoms with E-state index in [4.69, 9.17) is 9.47 Å². The van der Waals surface area contributed by atoms with Crippen LogP contribution in [0.3, 0.4) is 0 Å². The van der Waals surface area contributed by atoms with Crippen LogP contribution >= 0.6 is 0 Å². The number of carbonyl (C=O) groups is 1. The lowest BCUT2D eigenvalue weighted by atomic mass is 9.97. The van der Waals surface area contributed by atoms with Crippen molar-refractivity contribution in [2.75, 3.05) is 14.2 Å². The van der Waals surface area contributed by atoms with Gasteiger partial charge in [-0.2, -0.15) is 0 Å². The van der Waals surface area contributed by atoms with Gasteiger partial charge in [0.25, 0.3) is 0 Å². The highest BCUT2D eigenvalue weighted by molar-refractivity contribution is 6.02. The van der Waals surface area contributed by atoms with E-state index in [-0.39, 0.29) is 11.5 Å². The van der Waals surface area contributed by atoms with Crippen LogP contribution in [0.4, 0.5) is 0 Å². The van der Waals surface area contributed by atoms with Crippen LogP contribution in [0.25, 0.3) is 21.9 Å². The van der Waals surface area contributed by atoms with E-state index >= 15 is 0 Å². The quantitative estimate of drug-likeness (QED) is 0.722. The van der Waals surface area contributed by atoms with Gasteiger partial charge < -0.3 is 14.6 Å². The number of ether oxygens (including phenoxy) is 2. The Morgan fingerprint density at radius 2 is 1.50 bits per heavy atom. The van der Waals surface area contributed by atoms with Crippen LogP contribution in [0, 0.1) is 0 Å². The summed E-state index contributed by atoms with van der Waals surface area (Å²) in [4.78, 5) is 11.4. The minimum atomic E-state index is 0.00990. The first-order valence-corrected chi connectivity index (χ1v) is 7.55. The zero-order chi connectivity index (χ0) is 17.3. The molecule has 0 aliphatic heterocycles. The van der Waals surface area contributed by atoms with E-state index in [0.717, 1.165) is 10.9 Å². The molecule has 0 saturated heterocycles. The number of ketones is 1. The Labute approximate surface area is 140 Å². The van der Waals surface area contributed by atoms with E-state index < -0.39 is 0 Å². The van der Waals surface area contributed by atoms with E-state index in [2.05, 4.69) is 0 Å². The Morgan fingerprint density at radius 1 is 0.875 bits per heavy atom. The first-order valence-electron chi connectivity index (χ1n) is 7.55. The zero-order valence-corrected chi connectivity index (χ0v) is 13.8. The van der Waals surface area contributed by atoms with Crippen molar-refractivity contribution in [3.05, 3.63) is 54.1 Å². The number of fused-ring (bicyclic) bond motifs is 1. The molecule has 0 aliphatic carbocycles. The van der Waals surface area contributed by atoms with Crippen molar-refractivity contribution in [3.8, 4) is 28.4 Å². The summed E-state index contributed by atoms with van der Waals surface area (Å²) in [6.45, 7) is 1.53. The van der Waals surface area contributed by atoms with Gasteiger partial charge in [-0.1, -0.05) is 24.3 Å². The molecule has 3 aromatic rings. The van der Waals surface area contributed by atoms with Gasteiger partial charge in [-0.15, -0.1) is 0 Å². The van der Waals surface area contributed by atoms with Crippen molar-refractivity contribution in [2.45, 2.75) is 6.92 Å². The van der Waals surface area contributed by atoms with Crippen LogP contribution in [-0.2, 0) is 0 Å². The molecule has 0 heterocycles. The highest BCUT2D eigenvalue weighted by Crippen LogP contribution is 2.43. The molecule has 0 aromatic heterocycles. The maximum Gasteiger partial charge on any atom is 0.159 e. The number of methoxy groups -OCH3 is 2. The summed E-state index contributed by atoms with van der Waals surface area (Å²) in [5, 5.41) is 12.2. The van der Waals surface area contributed by atoms with Crippen molar-refractivity contribution in [2.24, 2.45) is 0 Å². The topological polar surface area (TPSA) is 55.8 Å². The molecule has 0 amide bonds. The van der Waals surface area contributed by atoms with Crippen LogP contribution in [0.1, 0.15) is 17.3 Å². The summed E-state index contributed by atoms with van der Waals surface area (Å²) in [5.74, 6) is 1.37. The number of aromatic hydroxyl groups is 1. The van der Waals surface area contributed by atoms with Crippen molar-refractivity contribution < 1.29 is 19.4 Å². The first-order chi connectivity index (χ1) is 11.6. The SMILES string of the molecule is COc1ccc(OC)c2c(O)c(-c3ccc(C(C)=O)cc3)ccc12. The molecule has 0 aliphatic rings. The third-order valence-electron chi connectivity index (χ3n) is 4.12. The van der Waals surface area contributed by atoms with Crippen LogP contribution in [-0.4, -0.2) is 25.1 Å². The number of carbonyl (C=O) groups excluding carboxylic acids is 1. The van der Waals surface area contributed by atoms with Gasteiger partial charge in [-0.3, -0.25) is 4.79 Å². The molecule has 0 fully saturated rings. The average Bonchev–Trinajstić information content (AvgIpc) is 2.61. The summed E-state index contributed by atoms with van der Waals surface area (Å²) < 4.78 is 10.8. The molecule has 0 radical (unpaired) electrons. The van der Waals surface area contributed by atoms with Gasteiger partial charge in [0.15, 0.2) is 5.78 Å². The van der Waals surface area contributed by atoms with Crippen molar-refractivity contribution in [3.63, 3.8) is 0 Å². The number of rotatable bonds is 4. The predicted molar refractivity (Wildman–Crippen MR) is 94.2 cm³/mol. The fourth-order valence-corrected chi connectivity index (χ4v) is 2.84. The van der Waals surface area contributed by atoms with Crippen molar-refractivity contribution in [1.29, 1.82) is 0 Å². The summed E-state index contributed by atoms with van der Waals surface area (Å²) in [6, 6.07) is 14.5. The number of benzene rings is 3. The molecule has 4 heteroatoms. The molecule has 0 bridgehead atoms. The Morgan fingerprint density at radius 3 is 2.08 bits per heavy atom. The summed E-state index contributed by atoms with van der Waals surface area (Å²) in [6.07, 6.45) is 0. The molecule has 3 rings (SSSR count). The van der Waals surface area contributed by atoms with Gasteiger partial charge in [-0.25, -0.2) is 0 Å². The number of phenols is 1. The molecule has 24 heavy (non-hydrogen) atoms. The van der Waals surface area contributed by atoms with Crippen LogP contribution < -0.4 is 9.47 Å². The van der Waals surface area contributed by atoms with Gasteiger partial charge in [0.1, 0.15) is 17.2 Å². The second kappa shape index (κ2) is 6.24. The highest BCUT2D eigenvalue weighted by atomic mass is 16.5. The molecular formula is C20H18O4. The lowest BCUT2D eigenvalue weighted by molar-refractivity contribution is 0.101. The smallest absolute Gasteiger partial charge is 0.159 e. The van der Waals surface area contributed by atoms with Crippen LogP contribution in [0.15, 0.2) is 48.5 Å². The molecular weight excluding hydrogens is 304 g/mol. The molecule has 0 unspecified atom stereocenters. The van der Waals surface area contributed by atoms with Crippen LogP contribution in [0.5, 0.6) is 17.2 Å². The fraction of sp³-hybridized carbons (Fsp3) is 0.150. The monoisotopic (exact) mass is 322 g/mol. The Hall–Kier alpha value is -3.01. The van der Waals surface area contributed by atoms with Crippen molar-refractivity contribution in [1.82, 2.24) is 0 Å². The average molecular weight is 322 g/mol. The van der Waals surface area contributed by atoms with E-state index in [9.17, 15) is 9.90 Å². The summed E-state index contributed by atoms with van der Waals surface area (Å²) in [5.41, 5.74) is 2.13. The van der Waals surface area contributed by atoms with Crippen molar-refractivity contribution >= 4 is 16.6 Å². The highest BCUT2D eigenvalue weighted by Gasteiger charge is 2.15. The second-order valence-electron chi connectivity index (χ2n) is 5.49. The zero-order valence-electron chi connectivity index (χ0n) is 13.8. The second-order valence-corrected chi connectivity index (χ2v) is 5.49. The number of hydrogen-bond donors (Lipinski definition) is 1. The molecule has 0 spiro atoms. The molecule has 0 atom stereocenters. The number of hydrogen-bond acceptors (Lipinski definition) is 4. The predicted octanol–water partition coefficient (Wildman–Crippen LogP) is 4.43. The van der Waals surface area contributed by atoms with E-state index in [0.29, 0.717) is 28.0 Å². The van der Waals surface area contributed by atoms with Gasteiger partial charge in [-0.05, 0) is 36.8 Å². The van der Waals surface area contributed by atoms with Gasteiger partial charge in [0.05, 0.1) is 19.6 Å². The van der Waals surface area contributed by atoms with E-state index in [1.807, 2.05) is 30.3 Å². The molecule has 3 aromatic carbocycles. The molecule has 1 N–H and O–H groups in total. The minimum absolute atomic E-state index is 0.00990. The van der Waals surface area contributed by atoms with Crippen LogP contribution in [0.2, 0.25) is 0 Å². The molecule has 4 nitrogen and oxygen atoms in total. The van der Waals surface area contributed by atoms with Gasteiger partial charge >= 0.3 is 0 Å². The lowest BCUT2D eigenvalue weighted by Crippen LogP contribution is -1.92. The third kappa shape index (κ3) is 2.56. The van der Waals surface area contributed by atoms with Gasteiger partial charge in [0.2, 0.25) is 0 Å². The standard InChI is InChI=1S/C20H18O4/c1-12(21)13-4-6-14(7-5-13)15-8-9-16-17(23-2)10-11-18(24-3)19(16)20(15)22/h4-11,22H,1-3H3. The van der Waals surface area contributed by atoms with E-state index in [1.165, 1.54) is 6.92 Å². The molecule has 122 valence electrons. The fourth-order valence-electron chi connectivity index (χ4n) is 2.84. The summed E-state index contributed by atoms with van der Waals surface area (Å²) in [7, 11) is 3.15. The first kappa shape index (κ1) is 15.9. The van der Waals surface area contributed by atoms with E-state index in [1.54, 1.807) is 32.4 Å². The minimum Gasteiger partial charge on any atom is -0.507 e. The number of phenolic OH excluding ortho intramolecular Hbond substituents is 1. The maximum absolute atomic E-state index is 11.4. The Kier molecular flexibility index (Phi) is 4.13. The Balaban J connectivity index is 2.23.